The number of rotatable bonds is 6. The molecular formula is C19H22N2O2. The van der Waals surface area contributed by atoms with Gasteiger partial charge < -0.3 is 10.6 Å². The first-order valence-corrected chi connectivity index (χ1v) is 7.70. The van der Waals surface area contributed by atoms with E-state index in [1.807, 2.05) is 49.4 Å². The third kappa shape index (κ3) is 5.58. The first-order valence-electron chi connectivity index (χ1n) is 7.70. The van der Waals surface area contributed by atoms with Crippen LogP contribution in [0.25, 0.3) is 0 Å². The minimum Gasteiger partial charge on any atom is -0.352 e. The summed E-state index contributed by atoms with van der Waals surface area (Å²) in [6, 6.07) is 17.2. The SMILES string of the molecule is CC(=O)NC(CNC(=O)c1ccc(C)cc1)Cc1ccccc1. The Hall–Kier alpha value is -2.62. The molecule has 1 unspecified atom stereocenters. The zero-order valence-electron chi connectivity index (χ0n) is 13.5. The highest BCUT2D eigenvalue weighted by Crippen LogP contribution is 2.05. The maximum atomic E-state index is 12.2. The highest BCUT2D eigenvalue weighted by atomic mass is 16.2. The monoisotopic (exact) mass is 310 g/mol. The Labute approximate surface area is 136 Å². The van der Waals surface area contributed by atoms with Crippen molar-refractivity contribution in [1.29, 1.82) is 0 Å². The lowest BCUT2D eigenvalue weighted by molar-refractivity contribution is -0.119. The van der Waals surface area contributed by atoms with Gasteiger partial charge >= 0.3 is 0 Å². The van der Waals surface area contributed by atoms with Gasteiger partial charge in [0.1, 0.15) is 0 Å². The molecule has 1 atom stereocenters. The van der Waals surface area contributed by atoms with Gasteiger partial charge in [-0.05, 0) is 31.0 Å². The van der Waals surface area contributed by atoms with Gasteiger partial charge in [0.15, 0.2) is 0 Å². The first kappa shape index (κ1) is 16.7. The fourth-order valence-corrected chi connectivity index (χ4v) is 2.38. The van der Waals surface area contributed by atoms with Gasteiger partial charge in [-0.1, -0.05) is 48.0 Å². The highest BCUT2D eigenvalue weighted by molar-refractivity contribution is 5.94. The molecule has 0 bridgehead atoms. The van der Waals surface area contributed by atoms with Gasteiger partial charge in [0.05, 0.1) is 6.04 Å². The molecule has 23 heavy (non-hydrogen) atoms. The molecule has 0 radical (unpaired) electrons. The van der Waals surface area contributed by atoms with Gasteiger partial charge in [-0.25, -0.2) is 0 Å². The molecule has 2 N–H and O–H groups in total. The van der Waals surface area contributed by atoms with E-state index in [0.717, 1.165) is 11.1 Å². The van der Waals surface area contributed by atoms with Crippen LogP contribution in [0.5, 0.6) is 0 Å². The summed E-state index contributed by atoms with van der Waals surface area (Å²) >= 11 is 0. The summed E-state index contributed by atoms with van der Waals surface area (Å²) in [6.45, 7) is 3.86. The number of carbonyl (C=O) groups excluding carboxylic acids is 2. The number of hydrogen-bond donors (Lipinski definition) is 2. The van der Waals surface area contributed by atoms with E-state index in [9.17, 15) is 9.59 Å². The summed E-state index contributed by atoms with van der Waals surface area (Å²) in [4.78, 5) is 23.5. The van der Waals surface area contributed by atoms with Crippen molar-refractivity contribution < 1.29 is 9.59 Å². The fourth-order valence-electron chi connectivity index (χ4n) is 2.38. The lowest BCUT2D eigenvalue weighted by Gasteiger charge is -2.19. The van der Waals surface area contributed by atoms with Crippen molar-refractivity contribution in [2.45, 2.75) is 26.3 Å². The fraction of sp³-hybridized carbons (Fsp3) is 0.263. The Balaban J connectivity index is 1.96. The largest absolute Gasteiger partial charge is 0.352 e. The smallest absolute Gasteiger partial charge is 0.251 e. The molecule has 0 aliphatic heterocycles. The van der Waals surface area contributed by atoms with Crippen LogP contribution in [0.3, 0.4) is 0 Å². The van der Waals surface area contributed by atoms with Crippen LogP contribution in [-0.4, -0.2) is 24.4 Å². The maximum Gasteiger partial charge on any atom is 0.251 e. The second kappa shape index (κ2) is 8.13. The molecule has 2 rings (SSSR count). The van der Waals surface area contributed by atoms with Crippen LogP contribution < -0.4 is 10.6 Å². The molecular weight excluding hydrogens is 288 g/mol. The van der Waals surface area contributed by atoms with Crippen LogP contribution in [0, 0.1) is 6.92 Å². The zero-order chi connectivity index (χ0) is 16.7. The van der Waals surface area contributed by atoms with Crippen molar-refractivity contribution in [1.82, 2.24) is 10.6 Å². The lowest BCUT2D eigenvalue weighted by atomic mass is 10.1. The third-order valence-electron chi connectivity index (χ3n) is 3.56. The second-order valence-electron chi connectivity index (χ2n) is 5.66. The predicted octanol–water partition coefficient (Wildman–Crippen LogP) is 2.47. The van der Waals surface area contributed by atoms with Crippen molar-refractivity contribution in [3.8, 4) is 0 Å². The van der Waals surface area contributed by atoms with Crippen molar-refractivity contribution in [2.24, 2.45) is 0 Å². The van der Waals surface area contributed by atoms with Gasteiger partial charge in [0, 0.05) is 19.0 Å². The number of aryl methyl sites for hydroxylation is 1. The van der Waals surface area contributed by atoms with Gasteiger partial charge in [0.25, 0.3) is 5.91 Å². The van der Waals surface area contributed by atoms with Crippen LogP contribution in [0.2, 0.25) is 0 Å². The van der Waals surface area contributed by atoms with E-state index < -0.39 is 0 Å². The van der Waals surface area contributed by atoms with Gasteiger partial charge in [0.2, 0.25) is 5.91 Å². The molecule has 0 heterocycles. The molecule has 2 aromatic rings. The minimum absolute atomic E-state index is 0.101. The molecule has 0 fully saturated rings. The van der Waals surface area contributed by atoms with E-state index in [1.54, 1.807) is 12.1 Å². The predicted molar refractivity (Wildman–Crippen MR) is 91.3 cm³/mol. The number of amides is 2. The van der Waals surface area contributed by atoms with E-state index in [1.165, 1.54) is 6.92 Å². The topological polar surface area (TPSA) is 58.2 Å². The molecule has 0 spiro atoms. The molecule has 4 heteroatoms. The van der Waals surface area contributed by atoms with Gasteiger partial charge in [-0.3, -0.25) is 9.59 Å². The average molecular weight is 310 g/mol. The minimum atomic E-state index is -0.135. The molecule has 0 aromatic heterocycles. The van der Waals surface area contributed by atoms with Gasteiger partial charge in [-0.15, -0.1) is 0 Å². The maximum absolute atomic E-state index is 12.2. The standard InChI is InChI=1S/C19H22N2O2/c1-14-8-10-17(11-9-14)19(23)20-13-18(21-15(2)22)12-16-6-4-3-5-7-16/h3-11,18H,12-13H2,1-2H3,(H,20,23)(H,21,22). The zero-order valence-corrected chi connectivity index (χ0v) is 13.5. The highest BCUT2D eigenvalue weighted by Gasteiger charge is 2.13. The van der Waals surface area contributed by atoms with Crippen LogP contribution in [0.1, 0.15) is 28.4 Å². The summed E-state index contributed by atoms with van der Waals surface area (Å²) in [6.07, 6.45) is 0.675. The Morgan fingerprint density at radius 3 is 2.26 bits per heavy atom. The molecule has 0 aliphatic rings. The molecule has 120 valence electrons. The van der Waals surface area contributed by atoms with E-state index in [0.29, 0.717) is 18.5 Å². The van der Waals surface area contributed by atoms with Crippen molar-refractivity contribution in [3.63, 3.8) is 0 Å². The van der Waals surface area contributed by atoms with Crippen LogP contribution in [-0.2, 0) is 11.2 Å². The first-order chi connectivity index (χ1) is 11.0. The normalized spacial score (nSPS) is 11.6. The average Bonchev–Trinajstić information content (AvgIpc) is 2.53. The Kier molecular flexibility index (Phi) is 5.92. The molecule has 0 saturated heterocycles. The Morgan fingerprint density at radius 1 is 1.00 bits per heavy atom. The van der Waals surface area contributed by atoms with Gasteiger partial charge in [-0.2, -0.15) is 0 Å². The molecule has 4 nitrogen and oxygen atoms in total. The van der Waals surface area contributed by atoms with Crippen molar-refractivity contribution in [3.05, 3.63) is 71.3 Å². The van der Waals surface area contributed by atoms with Crippen molar-refractivity contribution >= 4 is 11.8 Å². The van der Waals surface area contributed by atoms with E-state index in [2.05, 4.69) is 10.6 Å². The Morgan fingerprint density at radius 2 is 1.65 bits per heavy atom. The number of carbonyl (C=O) groups is 2. The Bertz CT molecular complexity index is 651. The summed E-state index contributed by atoms with van der Waals surface area (Å²) in [7, 11) is 0. The third-order valence-corrected chi connectivity index (χ3v) is 3.56. The quantitative estimate of drug-likeness (QED) is 0.861. The second-order valence-corrected chi connectivity index (χ2v) is 5.66. The summed E-state index contributed by atoms with van der Waals surface area (Å²) in [5.74, 6) is -0.232. The number of hydrogen-bond acceptors (Lipinski definition) is 2. The van der Waals surface area contributed by atoms with Crippen molar-refractivity contribution in [2.75, 3.05) is 6.54 Å². The van der Waals surface area contributed by atoms with Crippen LogP contribution in [0.4, 0.5) is 0 Å². The molecule has 2 aromatic carbocycles. The van der Waals surface area contributed by atoms with E-state index in [-0.39, 0.29) is 17.9 Å². The molecule has 2 amide bonds. The number of nitrogens with one attached hydrogen (secondary N) is 2. The van der Waals surface area contributed by atoms with E-state index in [4.69, 9.17) is 0 Å². The molecule has 0 saturated carbocycles. The van der Waals surface area contributed by atoms with E-state index >= 15 is 0 Å². The summed E-state index contributed by atoms with van der Waals surface area (Å²) in [5, 5.41) is 5.78. The summed E-state index contributed by atoms with van der Waals surface area (Å²) < 4.78 is 0. The molecule has 0 aliphatic carbocycles. The summed E-state index contributed by atoms with van der Waals surface area (Å²) in [5.41, 5.74) is 2.86. The van der Waals surface area contributed by atoms with Crippen LogP contribution in [0.15, 0.2) is 54.6 Å². The lowest BCUT2D eigenvalue weighted by Crippen LogP contribution is -2.44. The number of benzene rings is 2. The van der Waals surface area contributed by atoms with Crippen LogP contribution >= 0.6 is 0 Å².